The molecular weight excluding hydrogens is 330 g/mol. The molecule has 2 aliphatic heterocycles. The zero-order valence-electron chi connectivity index (χ0n) is 13.5. The molecule has 3 rings (SSSR count). The zero-order chi connectivity index (χ0) is 17.8. The minimum atomic E-state index is -1.26. The van der Waals surface area contributed by atoms with Crippen molar-refractivity contribution >= 4 is 23.3 Å². The van der Waals surface area contributed by atoms with E-state index in [1.165, 1.54) is 12.1 Å². The minimum absolute atomic E-state index is 0.0675. The van der Waals surface area contributed by atoms with Gasteiger partial charge < -0.3 is 24.6 Å². The number of esters is 1. The number of ketones is 1. The van der Waals surface area contributed by atoms with Crippen LogP contribution in [0, 0.1) is 5.92 Å². The van der Waals surface area contributed by atoms with Crippen LogP contribution in [0.5, 0.6) is 5.75 Å². The standard InChI is InChI=1S/C17H19NO7/c19-13(8-25-17(22)16(21)10-3-5-23-6-4-10)11-1-2-14-12(7-11)18-15(20)9-24-14/h1-2,7,10,16,21H,3-6,8-9H2,(H,18,20). The molecule has 1 atom stereocenters. The zero-order valence-corrected chi connectivity index (χ0v) is 13.5. The number of hydrogen-bond donors (Lipinski definition) is 2. The monoisotopic (exact) mass is 349 g/mol. The van der Waals surface area contributed by atoms with Gasteiger partial charge in [-0.1, -0.05) is 0 Å². The maximum Gasteiger partial charge on any atom is 0.335 e. The highest BCUT2D eigenvalue weighted by Crippen LogP contribution is 2.28. The number of Topliss-reactive ketones (excluding diaryl/α,β-unsaturated/α-hetero) is 1. The summed E-state index contributed by atoms with van der Waals surface area (Å²) in [6, 6.07) is 4.57. The Morgan fingerprint density at radius 2 is 2.08 bits per heavy atom. The van der Waals surface area contributed by atoms with Crippen LogP contribution in [0.3, 0.4) is 0 Å². The topological polar surface area (TPSA) is 111 Å². The molecule has 0 radical (unpaired) electrons. The lowest BCUT2D eigenvalue weighted by Crippen LogP contribution is -2.35. The number of benzene rings is 1. The van der Waals surface area contributed by atoms with Gasteiger partial charge in [0.2, 0.25) is 0 Å². The molecule has 0 aromatic heterocycles. The van der Waals surface area contributed by atoms with E-state index in [4.69, 9.17) is 14.2 Å². The van der Waals surface area contributed by atoms with Crippen molar-refractivity contribution in [3.8, 4) is 5.75 Å². The average Bonchev–Trinajstić information content (AvgIpc) is 2.65. The van der Waals surface area contributed by atoms with Crippen LogP contribution < -0.4 is 10.1 Å². The second-order valence-electron chi connectivity index (χ2n) is 5.97. The van der Waals surface area contributed by atoms with Gasteiger partial charge in [0.05, 0.1) is 5.69 Å². The lowest BCUT2D eigenvalue weighted by atomic mass is 9.94. The van der Waals surface area contributed by atoms with Crippen molar-refractivity contribution in [3.05, 3.63) is 23.8 Å². The second kappa shape index (κ2) is 7.62. The highest BCUT2D eigenvalue weighted by atomic mass is 16.5. The number of nitrogens with one attached hydrogen (secondary N) is 1. The summed E-state index contributed by atoms with van der Waals surface area (Å²) in [6.07, 6.45) is -0.100. The third kappa shape index (κ3) is 4.15. The molecular formula is C17H19NO7. The second-order valence-corrected chi connectivity index (χ2v) is 5.97. The van der Waals surface area contributed by atoms with Crippen LogP contribution in [0.2, 0.25) is 0 Å². The number of anilines is 1. The van der Waals surface area contributed by atoms with E-state index in [2.05, 4.69) is 5.32 Å². The van der Waals surface area contributed by atoms with Crippen LogP contribution in [0.1, 0.15) is 23.2 Å². The molecule has 0 aliphatic carbocycles. The number of fused-ring (bicyclic) bond motifs is 1. The largest absolute Gasteiger partial charge is 0.482 e. The van der Waals surface area contributed by atoms with Crippen LogP contribution in [0.25, 0.3) is 0 Å². The van der Waals surface area contributed by atoms with E-state index in [1.54, 1.807) is 6.07 Å². The number of hydrogen-bond acceptors (Lipinski definition) is 7. The summed E-state index contributed by atoms with van der Waals surface area (Å²) < 4.78 is 15.3. The highest BCUT2D eigenvalue weighted by Gasteiger charge is 2.29. The molecule has 1 aromatic carbocycles. The number of amides is 1. The van der Waals surface area contributed by atoms with Gasteiger partial charge in [0.15, 0.2) is 25.1 Å². The maximum absolute atomic E-state index is 12.2. The molecule has 1 fully saturated rings. The smallest absolute Gasteiger partial charge is 0.335 e. The van der Waals surface area contributed by atoms with Crippen LogP contribution in [-0.4, -0.2) is 55.3 Å². The highest BCUT2D eigenvalue weighted by molar-refractivity contribution is 6.01. The summed E-state index contributed by atoms with van der Waals surface area (Å²) in [5, 5.41) is 12.6. The summed E-state index contributed by atoms with van der Waals surface area (Å²) >= 11 is 0. The molecule has 2 N–H and O–H groups in total. The first-order valence-electron chi connectivity index (χ1n) is 8.07. The number of ether oxygens (including phenoxy) is 3. The first-order valence-corrected chi connectivity index (χ1v) is 8.07. The third-order valence-electron chi connectivity index (χ3n) is 4.23. The van der Waals surface area contributed by atoms with Gasteiger partial charge in [-0.15, -0.1) is 0 Å². The Hall–Kier alpha value is -2.45. The predicted octanol–water partition coefficient (Wildman–Crippen LogP) is 0.531. The fraction of sp³-hybridized carbons (Fsp3) is 0.471. The molecule has 0 bridgehead atoms. The van der Waals surface area contributed by atoms with Gasteiger partial charge in [-0.3, -0.25) is 9.59 Å². The molecule has 1 unspecified atom stereocenters. The number of aliphatic hydroxyl groups is 1. The third-order valence-corrected chi connectivity index (χ3v) is 4.23. The Morgan fingerprint density at radius 3 is 2.84 bits per heavy atom. The SMILES string of the molecule is O=C1COc2ccc(C(=O)COC(=O)C(O)C3CCOCC3)cc2N1. The Morgan fingerprint density at radius 1 is 1.32 bits per heavy atom. The number of rotatable bonds is 5. The lowest BCUT2D eigenvalue weighted by Gasteiger charge is -2.25. The minimum Gasteiger partial charge on any atom is -0.482 e. The predicted molar refractivity (Wildman–Crippen MR) is 85.4 cm³/mol. The van der Waals surface area contributed by atoms with Gasteiger partial charge in [-0.2, -0.15) is 0 Å². The molecule has 8 nitrogen and oxygen atoms in total. The Labute approximate surface area is 144 Å². The van der Waals surface area contributed by atoms with Crippen LogP contribution in [-0.2, 0) is 19.1 Å². The van der Waals surface area contributed by atoms with Crippen molar-refractivity contribution in [2.24, 2.45) is 5.92 Å². The van der Waals surface area contributed by atoms with E-state index in [1.807, 2.05) is 0 Å². The van der Waals surface area contributed by atoms with Crippen molar-refractivity contribution in [2.45, 2.75) is 18.9 Å². The van der Waals surface area contributed by atoms with Crippen LogP contribution >= 0.6 is 0 Å². The Kier molecular flexibility index (Phi) is 5.30. The number of carbonyl (C=O) groups excluding carboxylic acids is 3. The molecule has 134 valence electrons. The first kappa shape index (κ1) is 17.4. The molecule has 8 heteroatoms. The summed E-state index contributed by atoms with van der Waals surface area (Å²) in [5.74, 6) is -1.29. The molecule has 25 heavy (non-hydrogen) atoms. The van der Waals surface area contributed by atoms with E-state index in [0.29, 0.717) is 37.5 Å². The number of aliphatic hydroxyl groups excluding tert-OH is 1. The van der Waals surface area contributed by atoms with Gasteiger partial charge in [-0.25, -0.2) is 4.79 Å². The summed E-state index contributed by atoms with van der Waals surface area (Å²) in [5.41, 5.74) is 0.675. The van der Waals surface area contributed by atoms with Gasteiger partial charge in [0.1, 0.15) is 5.75 Å². The maximum atomic E-state index is 12.2. The van der Waals surface area contributed by atoms with Crippen molar-refractivity contribution in [2.75, 3.05) is 31.7 Å². The van der Waals surface area contributed by atoms with Crippen molar-refractivity contribution < 1.29 is 33.7 Å². The number of carbonyl (C=O) groups is 3. The fourth-order valence-corrected chi connectivity index (χ4v) is 2.79. The van der Waals surface area contributed by atoms with Gasteiger partial charge >= 0.3 is 5.97 Å². The van der Waals surface area contributed by atoms with Gasteiger partial charge in [0.25, 0.3) is 5.91 Å². The molecule has 1 saturated heterocycles. The van der Waals surface area contributed by atoms with E-state index in [0.717, 1.165) is 0 Å². The molecule has 2 aliphatic rings. The van der Waals surface area contributed by atoms with Crippen molar-refractivity contribution in [1.82, 2.24) is 0 Å². The molecule has 1 amide bonds. The first-order chi connectivity index (χ1) is 12.0. The molecule has 0 spiro atoms. The Bertz CT molecular complexity index is 682. The summed E-state index contributed by atoms with van der Waals surface area (Å²) in [4.78, 5) is 35.4. The molecule has 2 heterocycles. The van der Waals surface area contributed by atoms with E-state index in [-0.39, 0.29) is 24.0 Å². The average molecular weight is 349 g/mol. The van der Waals surface area contributed by atoms with E-state index in [9.17, 15) is 19.5 Å². The normalized spacial score (nSPS) is 18.5. The van der Waals surface area contributed by atoms with E-state index < -0.39 is 24.5 Å². The van der Waals surface area contributed by atoms with Gasteiger partial charge in [0, 0.05) is 18.8 Å². The molecule has 1 aromatic rings. The lowest BCUT2D eigenvalue weighted by molar-refractivity contribution is -0.157. The van der Waals surface area contributed by atoms with Crippen molar-refractivity contribution in [3.63, 3.8) is 0 Å². The quantitative estimate of drug-likeness (QED) is 0.589. The van der Waals surface area contributed by atoms with Gasteiger partial charge in [-0.05, 0) is 37.0 Å². The summed E-state index contributed by atoms with van der Waals surface area (Å²) in [6.45, 7) is 0.447. The van der Waals surface area contributed by atoms with E-state index >= 15 is 0 Å². The Balaban J connectivity index is 1.56. The van der Waals surface area contributed by atoms with Crippen molar-refractivity contribution in [1.29, 1.82) is 0 Å². The molecule has 0 saturated carbocycles. The van der Waals surface area contributed by atoms with Crippen LogP contribution in [0.15, 0.2) is 18.2 Å². The fourth-order valence-electron chi connectivity index (χ4n) is 2.79. The summed E-state index contributed by atoms with van der Waals surface area (Å²) in [7, 11) is 0. The van der Waals surface area contributed by atoms with Crippen LogP contribution in [0.4, 0.5) is 5.69 Å².